The minimum atomic E-state index is -1.16. The number of aromatic amines is 1. The van der Waals surface area contributed by atoms with Gasteiger partial charge in [-0.2, -0.15) is 5.10 Å². The molecule has 0 bridgehead atoms. The molecule has 292 valence electrons. The summed E-state index contributed by atoms with van der Waals surface area (Å²) in [6, 6.07) is 2.31. The lowest BCUT2D eigenvalue weighted by Gasteiger charge is -2.30. The summed E-state index contributed by atoms with van der Waals surface area (Å²) in [5.41, 5.74) is 1.59. The van der Waals surface area contributed by atoms with E-state index in [0.29, 0.717) is 25.8 Å². The van der Waals surface area contributed by atoms with Crippen LogP contribution in [0.5, 0.6) is 0 Å². The molecule has 1 aromatic carbocycles. The molecule has 4 heterocycles. The Morgan fingerprint density at radius 3 is 2.54 bits per heavy atom. The number of fused-ring (bicyclic) bond motifs is 2. The van der Waals surface area contributed by atoms with Crippen LogP contribution in [-0.4, -0.2) is 115 Å². The third kappa shape index (κ3) is 10.6. The Bertz CT molecular complexity index is 1780. The number of amides is 6. The van der Waals surface area contributed by atoms with Crippen molar-refractivity contribution in [3.63, 3.8) is 0 Å². The van der Waals surface area contributed by atoms with Crippen molar-refractivity contribution in [1.29, 1.82) is 0 Å². The summed E-state index contributed by atoms with van der Waals surface area (Å²) in [7, 11) is 0. The lowest BCUT2D eigenvalue weighted by Crippen LogP contribution is -2.59. The molecule has 0 aliphatic carbocycles. The number of aliphatic hydroxyl groups is 1. The number of para-hydroxylation sites is 1. The summed E-state index contributed by atoms with van der Waals surface area (Å²) >= 11 is 0. The number of H-pyrrole nitrogens is 1. The van der Waals surface area contributed by atoms with E-state index < -0.39 is 65.8 Å². The van der Waals surface area contributed by atoms with Crippen LogP contribution in [0.15, 0.2) is 43.1 Å². The zero-order valence-electron chi connectivity index (χ0n) is 31.0. The van der Waals surface area contributed by atoms with Gasteiger partial charge in [0.25, 0.3) is 0 Å². The van der Waals surface area contributed by atoms with Crippen LogP contribution in [0.25, 0.3) is 10.9 Å². The maximum Gasteiger partial charge on any atom is 0.245 e. The summed E-state index contributed by atoms with van der Waals surface area (Å²) in [6.07, 6.45) is 5.85. The van der Waals surface area contributed by atoms with Gasteiger partial charge in [-0.1, -0.05) is 32.0 Å². The van der Waals surface area contributed by atoms with Gasteiger partial charge in [0.15, 0.2) is 0 Å². The van der Waals surface area contributed by atoms with E-state index in [4.69, 9.17) is 0 Å². The molecule has 5 rings (SSSR count). The quantitative estimate of drug-likeness (QED) is 0.157. The molecule has 2 aliphatic rings. The molecule has 2 aliphatic heterocycles. The van der Waals surface area contributed by atoms with Crippen molar-refractivity contribution in [3.05, 3.63) is 48.7 Å². The molecule has 2 fully saturated rings. The van der Waals surface area contributed by atoms with E-state index in [9.17, 15) is 33.9 Å². The zero-order valence-corrected chi connectivity index (χ0v) is 31.0. The average molecular weight is 749 g/mol. The Kier molecular flexibility index (Phi) is 13.8. The van der Waals surface area contributed by atoms with E-state index in [1.54, 1.807) is 17.2 Å². The minimum Gasteiger partial charge on any atom is -0.391 e. The van der Waals surface area contributed by atoms with Crippen LogP contribution in [0, 0.1) is 5.92 Å². The lowest BCUT2D eigenvalue weighted by atomic mass is 10.00. The first-order chi connectivity index (χ1) is 25.9. The number of rotatable bonds is 9. The van der Waals surface area contributed by atoms with Crippen molar-refractivity contribution in [2.24, 2.45) is 5.92 Å². The number of hydrogen-bond donors (Lipinski definition) is 7. The molecule has 0 spiro atoms. The van der Waals surface area contributed by atoms with Gasteiger partial charge in [-0.25, -0.2) is 4.98 Å². The molecule has 0 radical (unpaired) electrons. The maximum absolute atomic E-state index is 14.1. The van der Waals surface area contributed by atoms with Gasteiger partial charge < -0.3 is 41.6 Å². The third-order valence-electron chi connectivity index (χ3n) is 9.80. The molecule has 6 atom stereocenters. The van der Waals surface area contributed by atoms with Crippen LogP contribution in [0.2, 0.25) is 0 Å². The molecule has 6 amide bonds. The van der Waals surface area contributed by atoms with Gasteiger partial charge in [0, 0.05) is 56.0 Å². The van der Waals surface area contributed by atoms with Gasteiger partial charge in [-0.05, 0) is 56.6 Å². The second kappa shape index (κ2) is 18.6. The van der Waals surface area contributed by atoms with Crippen LogP contribution in [-0.2, 0) is 41.7 Å². The number of carbonyl (C=O) groups is 6. The molecule has 17 nitrogen and oxygen atoms in total. The third-order valence-corrected chi connectivity index (χ3v) is 9.80. The van der Waals surface area contributed by atoms with E-state index in [1.165, 1.54) is 18.2 Å². The molecule has 54 heavy (non-hydrogen) atoms. The van der Waals surface area contributed by atoms with Gasteiger partial charge in [0.05, 0.1) is 6.10 Å². The molecule has 0 saturated carbocycles. The Hall–Kier alpha value is -5.32. The Labute approximate surface area is 313 Å². The summed E-state index contributed by atoms with van der Waals surface area (Å²) < 4.78 is 1.60. The molecule has 2 aromatic heterocycles. The normalized spacial score (nSPS) is 25.2. The van der Waals surface area contributed by atoms with Crippen LogP contribution in [0.3, 0.4) is 0 Å². The summed E-state index contributed by atoms with van der Waals surface area (Å²) in [6.45, 7) is 5.93. The summed E-state index contributed by atoms with van der Waals surface area (Å²) in [4.78, 5) is 90.3. The average Bonchev–Trinajstić information content (AvgIpc) is 3.90. The van der Waals surface area contributed by atoms with Crippen molar-refractivity contribution < 1.29 is 33.9 Å². The van der Waals surface area contributed by atoms with E-state index in [1.807, 2.05) is 38.1 Å². The van der Waals surface area contributed by atoms with Gasteiger partial charge in [0.1, 0.15) is 42.9 Å². The predicted octanol–water partition coefficient (Wildman–Crippen LogP) is 0.0494. The van der Waals surface area contributed by atoms with Gasteiger partial charge in [0.2, 0.25) is 35.4 Å². The highest BCUT2D eigenvalue weighted by atomic mass is 16.3. The maximum atomic E-state index is 14.1. The number of aliphatic hydroxyl groups excluding tert-OH is 1. The number of nitrogens with one attached hydrogen (secondary N) is 6. The number of aryl methyl sites for hydroxylation is 1. The van der Waals surface area contributed by atoms with Crippen LogP contribution >= 0.6 is 0 Å². The van der Waals surface area contributed by atoms with Gasteiger partial charge >= 0.3 is 0 Å². The van der Waals surface area contributed by atoms with Crippen LogP contribution in [0.4, 0.5) is 0 Å². The zero-order chi connectivity index (χ0) is 38.8. The number of benzene rings is 1. The fourth-order valence-electron chi connectivity index (χ4n) is 6.97. The van der Waals surface area contributed by atoms with Crippen molar-refractivity contribution in [2.75, 3.05) is 13.1 Å². The largest absolute Gasteiger partial charge is 0.391 e. The van der Waals surface area contributed by atoms with Gasteiger partial charge in [-0.15, -0.1) is 0 Å². The van der Waals surface area contributed by atoms with Crippen molar-refractivity contribution in [3.8, 4) is 0 Å². The monoisotopic (exact) mass is 748 g/mol. The first-order valence-electron chi connectivity index (χ1n) is 18.7. The standard InChI is InChI=1S/C37H52N10O7/c1-22(2)15-30-37(54)47-19-25(48)17-31(47)36(53)39-13-7-6-11-28(43-32(49)12-8-14-46-21-38-20-41-46)34(51)42-23(3)33(50)44-29(35(52)45-30)16-24-18-40-27-10-5-4-9-26(24)27/h4-5,9-10,18,20-23,25,28-31,40,48H,6-8,11-17,19H2,1-3H3,(H,39,53)(H,42,51)(H,43,49)(H,44,50)(H,45,52)/t23-,25-,28+,29+,30-,31+/m1/s1. The molecule has 0 unspecified atom stereocenters. The SMILES string of the molecule is CC(C)C[C@H]1NC(=O)[C@H](Cc2c[nH]c3ccccc23)NC(=O)[C@@H](C)NC(=O)[C@@H](NC(=O)CCCn2cncn2)CCCCNC(=O)[C@@H]2C[C@@H](O)CN2C1=O. The molecule has 17 heteroatoms. The minimum absolute atomic E-state index is 0.0281. The van der Waals surface area contributed by atoms with Gasteiger partial charge in [-0.3, -0.25) is 33.4 Å². The highest BCUT2D eigenvalue weighted by Gasteiger charge is 2.42. The van der Waals surface area contributed by atoms with Crippen LogP contribution < -0.4 is 26.6 Å². The number of aromatic nitrogens is 4. The number of carbonyl (C=O) groups excluding carboxylic acids is 6. The predicted molar refractivity (Wildman–Crippen MR) is 197 cm³/mol. The van der Waals surface area contributed by atoms with E-state index in [2.05, 4.69) is 41.7 Å². The highest BCUT2D eigenvalue weighted by Crippen LogP contribution is 2.23. The number of nitrogens with zero attached hydrogens (tertiary/aromatic N) is 4. The molecular weight excluding hydrogens is 696 g/mol. The fraction of sp³-hybridized carbons (Fsp3) is 0.568. The summed E-state index contributed by atoms with van der Waals surface area (Å²) in [5, 5.41) is 29.4. The lowest BCUT2D eigenvalue weighted by molar-refractivity contribution is -0.142. The van der Waals surface area contributed by atoms with Crippen molar-refractivity contribution in [2.45, 2.75) is 115 Å². The topological polar surface area (TPSA) is 233 Å². The fourth-order valence-corrected chi connectivity index (χ4v) is 6.97. The van der Waals surface area contributed by atoms with E-state index in [-0.39, 0.29) is 57.0 Å². The molecule has 3 aromatic rings. The Morgan fingerprint density at radius 1 is 1.00 bits per heavy atom. The Morgan fingerprint density at radius 2 is 1.78 bits per heavy atom. The smallest absolute Gasteiger partial charge is 0.245 e. The van der Waals surface area contributed by atoms with E-state index in [0.717, 1.165) is 16.5 Å². The molecular formula is C37H52N10O7. The first-order valence-corrected chi connectivity index (χ1v) is 18.7. The second-order valence-corrected chi connectivity index (χ2v) is 14.6. The summed E-state index contributed by atoms with van der Waals surface area (Å²) in [5.74, 6) is -3.14. The molecule has 2 saturated heterocycles. The molecule has 7 N–H and O–H groups in total. The second-order valence-electron chi connectivity index (χ2n) is 14.6. The van der Waals surface area contributed by atoms with Crippen LogP contribution in [0.1, 0.15) is 71.3 Å². The van der Waals surface area contributed by atoms with Crippen molar-refractivity contribution in [1.82, 2.24) is 51.2 Å². The van der Waals surface area contributed by atoms with Crippen molar-refractivity contribution >= 4 is 46.3 Å². The van der Waals surface area contributed by atoms with E-state index >= 15 is 0 Å². The Balaban J connectivity index is 1.39. The number of hydrogen-bond acceptors (Lipinski definition) is 9. The highest BCUT2D eigenvalue weighted by molar-refractivity contribution is 5.97. The first kappa shape index (κ1) is 39.9.